The minimum Gasteiger partial charge on any atom is -0.394 e. The van der Waals surface area contributed by atoms with Crippen LogP contribution in [0.15, 0.2) is 12.2 Å². The molecule has 1 unspecified atom stereocenters. The lowest BCUT2D eigenvalue weighted by Gasteiger charge is -2.27. The molecule has 0 aromatic rings. The van der Waals surface area contributed by atoms with Gasteiger partial charge in [0.05, 0.1) is 6.61 Å². The second-order valence-electron chi connectivity index (χ2n) is 10.8. The first kappa shape index (κ1) is 39.3. The molecule has 0 spiro atoms. The number of primary amides is 1. The van der Waals surface area contributed by atoms with Gasteiger partial charge in [-0.05, 0) is 44.9 Å². The molecule has 0 aliphatic carbocycles. The molecule has 18 nitrogen and oxygen atoms in total. The predicted molar refractivity (Wildman–Crippen MR) is 166 cm³/mol. The van der Waals surface area contributed by atoms with Crippen LogP contribution in [0.3, 0.4) is 0 Å². The van der Waals surface area contributed by atoms with E-state index in [-0.39, 0.29) is 63.2 Å². The number of guanidine groups is 1. The van der Waals surface area contributed by atoms with Gasteiger partial charge in [0.1, 0.15) is 18.1 Å². The average molecular weight is 653 g/mol. The fourth-order valence-corrected chi connectivity index (χ4v) is 4.51. The minimum atomic E-state index is -1.46. The molecular formula is C28H48N10O8. The molecule has 1 aliphatic heterocycles. The van der Waals surface area contributed by atoms with Crippen molar-refractivity contribution < 1.29 is 38.7 Å². The molecule has 4 atom stereocenters. The zero-order chi connectivity index (χ0) is 34.6. The second kappa shape index (κ2) is 21.1. The lowest BCUT2D eigenvalue weighted by Crippen LogP contribution is -2.59. The standard InChI is InChI=1S/C28H48N10O8/c1-3-32-26(45)23(17(2)12-14-34-28(31)46)37-25(44)19(16-39)36-24(43)18(8-7-13-33-27(29)30)35-20(40)9-5-4-6-15-38-21(41)10-11-22(38)42/h10-11,17-19,23,39H,3-9,12-16H2,1-2H3,(H,32,45)(H,35,40)(H,36,43)(H,37,44)(H4,29,30,33)(H3,31,34,46)/t17?,18-,19-,23-/m0/s1. The number of amides is 8. The third kappa shape index (κ3) is 14.8. The Morgan fingerprint density at radius 1 is 0.826 bits per heavy atom. The van der Waals surface area contributed by atoms with Gasteiger partial charge in [-0.2, -0.15) is 0 Å². The van der Waals surface area contributed by atoms with Crippen molar-refractivity contribution in [3.63, 3.8) is 0 Å². The average Bonchev–Trinajstić information content (AvgIpc) is 3.31. The zero-order valence-corrected chi connectivity index (χ0v) is 26.4. The number of hydrogen-bond donors (Lipinski definition) is 10. The molecule has 0 bridgehead atoms. The van der Waals surface area contributed by atoms with Crippen molar-refractivity contribution in [1.29, 1.82) is 5.41 Å². The number of aliphatic hydroxyl groups excluding tert-OH is 1. The maximum absolute atomic E-state index is 13.2. The maximum Gasteiger partial charge on any atom is 0.312 e. The monoisotopic (exact) mass is 652 g/mol. The van der Waals surface area contributed by atoms with Crippen LogP contribution in [0.5, 0.6) is 0 Å². The van der Waals surface area contributed by atoms with Crippen LogP contribution in [-0.2, 0) is 28.8 Å². The van der Waals surface area contributed by atoms with E-state index in [2.05, 4.69) is 31.9 Å². The van der Waals surface area contributed by atoms with Gasteiger partial charge in [0.15, 0.2) is 5.96 Å². The molecule has 1 rings (SSSR count). The molecule has 12 N–H and O–H groups in total. The largest absolute Gasteiger partial charge is 0.394 e. The van der Waals surface area contributed by atoms with Crippen LogP contribution >= 0.6 is 0 Å². The molecule has 0 saturated carbocycles. The van der Waals surface area contributed by atoms with Crippen LogP contribution in [0.4, 0.5) is 4.79 Å². The van der Waals surface area contributed by atoms with Gasteiger partial charge in [0.25, 0.3) is 11.8 Å². The fraction of sp³-hybridized carbons (Fsp3) is 0.643. The summed E-state index contributed by atoms with van der Waals surface area (Å²) in [6.07, 6.45) is 4.63. The Labute approximate surface area is 267 Å². The Hall–Kier alpha value is -4.74. The number of likely N-dealkylation sites (N-methyl/N-ethyl adjacent to an activating group) is 1. The van der Waals surface area contributed by atoms with E-state index in [0.717, 1.165) is 4.90 Å². The Balaban J connectivity index is 2.81. The predicted octanol–water partition coefficient (Wildman–Crippen LogP) is -2.99. The number of carbonyl (C=O) groups is 7. The minimum absolute atomic E-state index is 0.0518. The number of nitrogens with two attached hydrogens (primary N) is 2. The lowest BCUT2D eigenvalue weighted by atomic mass is 9.96. The van der Waals surface area contributed by atoms with Crippen molar-refractivity contribution in [2.75, 3.05) is 32.8 Å². The first-order valence-corrected chi connectivity index (χ1v) is 15.2. The van der Waals surface area contributed by atoms with Crippen molar-refractivity contribution in [2.24, 2.45) is 17.4 Å². The Bertz CT molecular complexity index is 1110. The zero-order valence-electron chi connectivity index (χ0n) is 26.4. The number of hydrogen-bond acceptors (Lipinski definition) is 9. The topological polar surface area (TPSA) is 291 Å². The molecule has 0 aromatic carbocycles. The Morgan fingerprint density at radius 3 is 2.07 bits per heavy atom. The number of carbonyl (C=O) groups excluding carboxylic acids is 7. The smallest absolute Gasteiger partial charge is 0.312 e. The summed E-state index contributed by atoms with van der Waals surface area (Å²) in [4.78, 5) is 87.1. The quantitative estimate of drug-likeness (QED) is 0.0245. The van der Waals surface area contributed by atoms with E-state index in [9.17, 15) is 38.7 Å². The highest BCUT2D eigenvalue weighted by molar-refractivity contribution is 6.12. The number of unbranched alkanes of at least 4 members (excludes halogenated alkanes) is 2. The van der Waals surface area contributed by atoms with Crippen LogP contribution in [0, 0.1) is 11.3 Å². The van der Waals surface area contributed by atoms with E-state index in [4.69, 9.17) is 16.9 Å². The van der Waals surface area contributed by atoms with Gasteiger partial charge < -0.3 is 48.5 Å². The molecule has 46 heavy (non-hydrogen) atoms. The molecule has 18 heteroatoms. The van der Waals surface area contributed by atoms with E-state index in [1.165, 1.54) is 12.2 Å². The van der Waals surface area contributed by atoms with Gasteiger partial charge in [0.2, 0.25) is 23.6 Å². The summed E-state index contributed by atoms with van der Waals surface area (Å²) >= 11 is 0. The number of urea groups is 1. The van der Waals surface area contributed by atoms with Crippen molar-refractivity contribution >= 4 is 47.4 Å². The van der Waals surface area contributed by atoms with Gasteiger partial charge in [-0.1, -0.05) is 13.3 Å². The van der Waals surface area contributed by atoms with Gasteiger partial charge in [0, 0.05) is 44.8 Å². The molecule has 1 aliphatic rings. The lowest BCUT2D eigenvalue weighted by molar-refractivity contribution is -0.137. The maximum atomic E-state index is 13.2. The first-order valence-electron chi connectivity index (χ1n) is 15.2. The summed E-state index contributed by atoms with van der Waals surface area (Å²) in [5.74, 6) is -4.02. The fourth-order valence-electron chi connectivity index (χ4n) is 4.51. The van der Waals surface area contributed by atoms with E-state index >= 15 is 0 Å². The van der Waals surface area contributed by atoms with E-state index in [1.807, 2.05) is 0 Å². The highest BCUT2D eigenvalue weighted by Crippen LogP contribution is 2.10. The molecular weight excluding hydrogens is 604 g/mol. The number of nitrogens with zero attached hydrogens (tertiary/aromatic N) is 1. The summed E-state index contributed by atoms with van der Waals surface area (Å²) in [6, 6.07) is -4.36. The van der Waals surface area contributed by atoms with Crippen LogP contribution in [0.25, 0.3) is 0 Å². The number of nitrogens with one attached hydrogen (secondary N) is 7. The van der Waals surface area contributed by atoms with Crippen LogP contribution in [0.1, 0.15) is 58.8 Å². The van der Waals surface area contributed by atoms with Crippen LogP contribution in [0.2, 0.25) is 0 Å². The summed E-state index contributed by atoms with van der Waals surface area (Å²) in [5, 5.41) is 32.5. The van der Waals surface area contributed by atoms with E-state index < -0.39 is 60.3 Å². The number of rotatable bonds is 22. The summed E-state index contributed by atoms with van der Waals surface area (Å²) < 4.78 is 0. The van der Waals surface area contributed by atoms with E-state index in [0.29, 0.717) is 25.7 Å². The molecule has 0 aromatic heterocycles. The highest BCUT2D eigenvalue weighted by atomic mass is 16.3. The second-order valence-corrected chi connectivity index (χ2v) is 10.8. The van der Waals surface area contributed by atoms with Crippen molar-refractivity contribution in [3.05, 3.63) is 12.2 Å². The highest BCUT2D eigenvalue weighted by Gasteiger charge is 2.31. The normalized spacial score (nSPS) is 14.9. The third-order valence-corrected chi connectivity index (χ3v) is 7.04. The van der Waals surface area contributed by atoms with Crippen molar-refractivity contribution in [2.45, 2.75) is 76.9 Å². The molecule has 1 heterocycles. The van der Waals surface area contributed by atoms with Crippen molar-refractivity contribution in [3.8, 4) is 0 Å². The molecule has 0 fully saturated rings. The molecule has 258 valence electrons. The van der Waals surface area contributed by atoms with Crippen LogP contribution < -0.4 is 43.4 Å². The summed E-state index contributed by atoms with van der Waals surface area (Å²) in [7, 11) is 0. The molecule has 8 amide bonds. The van der Waals surface area contributed by atoms with Crippen molar-refractivity contribution in [1.82, 2.24) is 36.8 Å². The van der Waals surface area contributed by atoms with Gasteiger partial charge in [-0.15, -0.1) is 0 Å². The third-order valence-electron chi connectivity index (χ3n) is 7.04. The Morgan fingerprint density at radius 2 is 1.48 bits per heavy atom. The SMILES string of the molecule is CCNC(=O)[C@@H](NC(=O)[C@H](CO)NC(=O)[C@H](CCCNC(=N)N)NC(=O)CCCCCN1C(=O)C=CC1=O)C(C)CCNC(N)=O. The molecule has 0 radical (unpaired) electrons. The number of aliphatic hydroxyl groups is 1. The van der Waals surface area contributed by atoms with E-state index in [1.54, 1.807) is 13.8 Å². The Kier molecular flexibility index (Phi) is 18.0. The summed E-state index contributed by atoms with van der Waals surface area (Å²) in [5.41, 5.74) is 10.4. The number of imide groups is 1. The first-order chi connectivity index (χ1) is 21.8. The molecule has 0 saturated heterocycles. The summed E-state index contributed by atoms with van der Waals surface area (Å²) in [6.45, 7) is 3.47. The van der Waals surface area contributed by atoms with Gasteiger partial charge >= 0.3 is 6.03 Å². The van der Waals surface area contributed by atoms with Gasteiger partial charge in [-0.3, -0.25) is 39.1 Å². The van der Waals surface area contributed by atoms with Crippen LogP contribution in [-0.4, -0.2) is 108 Å². The van der Waals surface area contributed by atoms with Gasteiger partial charge in [-0.25, -0.2) is 4.79 Å².